The third kappa shape index (κ3) is 4.21. The maximum Gasteiger partial charge on any atom is 0.320 e. The normalized spacial score (nSPS) is 12.3. The summed E-state index contributed by atoms with van der Waals surface area (Å²) in [4.78, 5) is 33.6. The van der Waals surface area contributed by atoms with Crippen molar-refractivity contribution in [3.63, 3.8) is 0 Å². The highest BCUT2D eigenvalue weighted by Crippen LogP contribution is 2.23. The molecule has 0 aromatic heterocycles. The Labute approximate surface area is 149 Å². The Morgan fingerprint density at radius 2 is 1.69 bits per heavy atom. The number of rotatable bonds is 5. The predicted octanol–water partition coefficient (Wildman–Crippen LogP) is 3.36. The molecule has 1 unspecified atom stereocenters. The van der Waals surface area contributed by atoms with Crippen molar-refractivity contribution in [3.8, 4) is 6.07 Å². The van der Waals surface area contributed by atoms with Crippen molar-refractivity contribution in [1.29, 1.82) is 5.26 Å². The number of nitriles is 1. The Hall–Kier alpha value is -3.73. The number of carbonyl (C=O) groups is 2. The number of hydrogen-bond donors (Lipinski definition) is 2. The topological polar surface area (TPSA) is 125 Å². The average molecular weight is 352 g/mol. The third-order valence-electron chi connectivity index (χ3n) is 3.79. The van der Waals surface area contributed by atoms with Gasteiger partial charge in [-0.05, 0) is 55.8 Å². The number of ketones is 1. The van der Waals surface area contributed by atoms with Crippen LogP contribution in [-0.4, -0.2) is 16.7 Å². The number of nitro benzene ring substituents is 1. The summed E-state index contributed by atoms with van der Waals surface area (Å²) in [7, 11) is 0. The van der Waals surface area contributed by atoms with Crippen molar-refractivity contribution in [2.45, 2.75) is 19.4 Å². The van der Waals surface area contributed by atoms with E-state index in [-0.39, 0.29) is 11.5 Å². The van der Waals surface area contributed by atoms with Crippen LogP contribution in [0.25, 0.3) is 0 Å². The zero-order chi connectivity index (χ0) is 19.3. The fourth-order valence-corrected chi connectivity index (χ4v) is 2.26. The Kier molecular flexibility index (Phi) is 5.33. The molecule has 2 amide bonds. The number of Topliss-reactive ketones (excluding diaryl/α,β-unsaturated/α-hetero) is 1. The van der Waals surface area contributed by atoms with E-state index < -0.39 is 16.5 Å². The Morgan fingerprint density at radius 1 is 1.12 bits per heavy atom. The molecule has 0 bridgehead atoms. The van der Waals surface area contributed by atoms with Crippen LogP contribution in [0.5, 0.6) is 0 Å². The molecule has 2 N–H and O–H groups in total. The summed E-state index contributed by atoms with van der Waals surface area (Å²) in [6.45, 7) is 2.93. The van der Waals surface area contributed by atoms with E-state index in [2.05, 4.69) is 10.6 Å². The lowest BCUT2D eigenvalue weighted by Gasteiger charge is -2.24. The molecule has 8 nitrogen and oxygen atoms in total. The quantitative estimate of drug-likeness (QED) is 0.485. The second-order valence-corrected chi connectivity index (χ2v) is 5.75. The first kappa shape index (κ1) is 18.6. The summed E-state index contributed by atoms with van der Waals surface area (Å²) in [6, 6.07) is 13.1. The highest BCUT2D eigenvalue weighted by atomic mass is 16.6. The maximum absolute atomic E-state index is 12.2. The summed E-state index contributed by atoms with van der Waals surface area (Å²) in [5, 5.41) is 25.3. The fourth-order valence-electron chi connectivity index (χ4n) is 2.26. The van der Waals surface area contributed by atoms with Crippen molar-refractivity contribution in [1.82, 2.24) is 5.32 Å². The van der Waals surface area contributed by atoms with E-state index in [1.54, 1.807) is 24.3 Å². The molecule has 26 heavy (non-hydrogen) atoms. The van der Waals surface area contributed by atoms with Gasteiger partial charge in [0.1, 0.15) is 0 Å². The van der Waals surface area contributed by atoms with Crippen LogP contribution in [0.3, 0.4) is 0 Å². The van der Waals surface area contributed by atoms with E-state index in [1.165, 1.54) is 38.1 Å². The second kappa shape index (κ2) is 7.44. The average Bonchev–Trinajstić information content (AvgIpc) is 2.62. The number of amides is 2. The number of urea groups is 1. The van der Waals surface area contributed by atoms with Gasteiger partial charge in [0.25, 0.3) is 5.69 Å². The van der Waals surface area contributed by atoms with E-state index in [0.717, 1.165) is 0 Å². The van der Waals surface area contributed by atoms with Gasteiger partial charge in [0.05, 0.1) is 11.0 Å². The van der Waals surface area contributed by atoms with Gasteiger partial charge in [-0.25, -0.2) is 4.79 Å². The first-order valence-corrected chi connectivity index (χ1v) is 7.61. The standard InChI is InChI=1S/C18H16N4O4/c1-12(23)13-3-7-15(8-4-13)20-17(24)21-18(2,11-19)14-5-9-16(10-6-14)22(25)26/h3-10H,1-2H3,(H2,20,21,24). The van der Waals surface area contributed by atoms with Gasteiger partial charge >= 0.3 is 6.03 Å². The molecule has 2 aromatic carbocycles. The SMILES string of the molecule is CC(=O)c1ccc(NC(=O)NC(C)(C#N)c2ccc([N+](=O)[O-])cc2)cc1. The molecule has 2 aromatic rings. The van der Waals surface area contributed by atoms with Crippen molar-refractivity contribution in [2.75, 3.05) is 5.32 Å². The molecule has 0 aliphatic rings. The summed E-state index contributed by atoms with van der Waals surface area (Å²) < 4.78 is 0. The minimum Gasteiger partial charge on any atom is -0.316 e. The number of non-ortho nitro benzene ring substituents is 1. The summed E-state index contributed by atoms with van der Waals surface area (Å²) in [5.74, 6) is -0.0868. The lowest BCUT2D eigenvalue weighted by atomic mass is 9.93. The molecule has 0 saturated heterocycles. The van der Waals surface area contributed by atoms with Crippen LogP contribution in [0.1, 0.15) is 29.8 Å². The molecule has 0 aliphatic heterocycles. The minimum absolute atomic E-state index is 0.0868. The molecule has 0 saturated carbocycles. The monoisotopic (exact) mass is 352 g/mol. The number of carbonyl (C=O) groups excluding carboxylic acids is 2. The van der Waals surface area contributed by atoms with Gasteiger partial charge in [-0.3, -0.25) is 14.9 Å². The summed E-state index contributed by atoms with van der Waals surface area (Å²) >= 11 is 0. The first-order chi connectivity index (χ1) is 12.2. The van der Waals surface area contributed by atoms with Crippen LogP contribution in [0.2, 0.25) is 0 Å². The van der Waals surface area contributed by atoms with Gasteiger partial charge in [0.2, 0.25) is 0 Å². The molecule has 0 heterocycles. The second-order valence-electron chi connectivity index (χ2n) is 5.75. The molecule has 0 radical (unpaired) electrons. The molecular formula is C18H16N4O4. The van der Waals surface area contributed by atoms with E-state index >= 15 is 0 Å². The van der Waals surface area contributed by atoms with E-state index in [1.807, 2.05) is 6.07 Å². The summed E-state index contributed by atoms with van der Waals surface area (Å²) in [6.07, 6.45) is 0. The van der Waals surface area contributed by atoms with Gasteiger partial charge in [-0.1, -0.05) is 0 Å². The van der Waals surface area contributed by atoms with Gasteiger partial charge in [-0.15, -0.1) is 0 Å². The Balaban J connectivity index is 2.12. The molecular weight excluding hydrogens is 336 g/mol. The number of anilines is 1. The van der Waals surface area contributed by atoms with Crippen LogP contribution in [-0.2, 0) is 5.54 Å². The van der Waals surface area contributed by atoms with Crippen molar-refractivity contribution in [2.24, 2.45) is 0 Å². The van der Waals surface area contributed by atoms with Crippen LogP contribution in [0.15, 0.2) is 48.5 Å². The molecule has 0 spiro atoms. The zero-order valence-electron chi connectivity index (χ0n) is 14.1. The fraction of sp³-hybridized carbons (Fsp3) is 0.167. The van der Waals surface area contributed by atoms with Crippen LogP contribution in [0.4, 0.5) is 16.2 Å². The van der Waals surface area contributed by atoms with Gasteiger partial charge in [0, 0.05) is 23.4 Å². The highest BCUT2D eigenvalue weighted by Gasteiger charge is 2.29. The lowest BCUT2D eigenvalue weighted by Crippen LogP contribution is -2.44. The molecule has 2 rings (SSSR count). The molecule has 1 atom stereocenters. The third-order valence-corrected chi connectivity index (χ3v) is 3.79. The number of benzene rings is 2. The van der Waals surface area contributed by atoms with Crippen LogP contribution in [0, 0.1) is 21.4 Å². The largest absolute Gasteiger partial charge is 0.320 e. The smallest absolute Gasteiger partial charge is 0.316 e. The van der Waals surface area contributed by atoms with Gasteiger partial charge in [-0.2, -0.15) is 5.26 Å². The van der Waals surface area contributed by atoms with E-state index in [4.69, 9.17) is 0 Å². The predicted molar refractivity (Wildman–Crippen MR) is 94.7 cm³/mol. The first-order valence-electron chi connectivity index (χ1n) is 7.61. The van der Waals surface area contributed by atoms with Crippen LogP contribution >= 0.6 is 0 Å². The number of nitrogens with one attached hydrogen (secondary N) is 2. The molecule has 132 valence electrons. The Bertz CT molecular complexity index is 885. The highest BCUT2D eigenvalue weighted by molar-refractivity contribution is 5.95. The Morgan fingerprint density at radius 3 is 2.15 bits per heavy atom. The number of nitro groups is 1. The maximum atomic E-state index is 12.2. The minimum atomic E-state index is -1.38. The summed E-state index contributed by atoms with van der Waals surface area (Å²) in [5.41, 5.74) is -0.102. The number of hydrogen-bond acceptors (Lipinski definition) is 5. The van der Waals surface area contributed by atoms with Crippen molar-refractivity contribution < 1.29 is 14.5 Å². The lowest BCUT2D eigenvalue weighted by molar-refractivity contribution is -0.384. The van der Waals surface area contributed by atoms with E-state index in [9.17, 15) is 25.0 Å². The van der Waals surface area contributed by atoms with Crippen LogP contribution < -0.4 is 10.6 Å². The van der Waals surface area contributed by atoms with Crippen molar-refractivity contribution >= 4 is 23.2 Å². The van der Waals surface area contributed by atoms with Gasteiger partial charge < -0.3 is 10.6 Å². The van der Waals surface area contributed by atoms with Crippen molar-refractivity contribution in [3.05, 3.63) is 69.8 Å². The molecule has 0 aliphatic carbocycles. The molecule has 8 heteroatoms. The zero-order valence-corrected chi connectivity index (χ0v) is 14.1. The molecule has 0 fully saturated rings. The van der Waals surface area contributed by atoms with E-state index in [0.29, 0.717) is 16.8 Å². The van der Waals surface area contributed by atoms with Gasteiger partial charge in [0.15, 0.2) is 11.3 Å². The number of nitrogens with zero attached hydrogens (tertiary/aromatic N) is 2.